The molecule has 0 spiro atoms. The van der Waals surface area contributed by atoms with Crippen molar-refractivity contribution in [3.63, 3.8) is 0 Å². The van der Waals surface area contributed by atoms with Crippen LogP contribution in [0.4, 0.5) is 0 Å². The number of carbonyl (C=O) groups excluding carboxylic acids is 1. The average molecular weight is 337 g/mol. The lowest BCUT2D eigenvalue weighted by atomic mass is 9.82. The predicted molar refractivity (Wildman–Crippen MR) is 96.5 cm³/mol. The number of fused-ring (bicyclic) bond motifs is 4. The summed E-state index contributed by atoms with van der Waals surface area (Å²) in [6, 6.07) is 7.82. The van der Waals surface area contributed by atoms with Crippen LogP contribution in [0.5, 0.6) is 0 Å². The van der Waals surface area contributed by atoms with Crippen molar-refractivity contribution < 1.29 is 4.79 Å². The molecule has 2 aromatic rings. The zero-order chi connectivity index (χ0) is 17.7. The number of pyridine rings is 2. The summed E-state index contributed by atoms with van der Waals surface area (Å²) in [7, 11) is 0. The Labute approximate surface area is 147 Å². The molecule has 1 saturated heterocycles. The van der Waals surface area contributed by atoms with Gasteiger partial charge in [0.2, 0.25) is 5.91 Å². The Morgan fingerprint density at radius 1 is 1.16 bits per heavy atom. The number of nitrogens with zero attached hydrogens (tertiary/aromatic N) is 3. The van der Waals surface area contributed by atoms with Gasteiger partial charge in [-0.25, -0.2) is 0 Å². The summed E-state index contributed by atoms with van der Waals surface area (Å²) in [6.07, 6.45) is 1.05. The number of hydrogen-bond acceptors (Lipinski definition) is 3. The zero-order valence-electron chi connectivity index (χ0n) is 15.0. The molecule has 2 aliphatic heterocycles. The monoisotopic (exact) mass is 337 g/mol. The third kappa shape index (κ3) is 2.77. The fourth-order valence-corrected chi connectivity index (χ4v) is 4.16. The Balaban J connectivity index is 1.78. The Kier molecular flexibility index (Phi) is 3.74. The van der Waals surface area contributed by atoms with Gasteiger partial charge in [-0.1, -0.05) is 6.07 Å². The van der Waals surface area contributed by atoms with Crippen molar-refractivity contribution in [2.24, 2.45) is 5.92 Å². The van der Waals surface area contributed by atoms with Gasteiger partial charge in [0.05, 0.1) is 5.69 Å². The predicted octanol–water partition coefficient (Wildman–Crippen LogP) is 2.49. The summed E-state index contributed by atoms with van der Waals surface area (Å²) in [5, 5.41) is 0. The van der Waals surface area contributed by atoms with E-state index in [0.717, 1.165) is 41.2 Å². The Bertz CT molecular complexity index is 916. The summed E-state index contributed by atoms with van der Waals surface area (Å²) < 4.78 is 1.90. The number of aryl methyl sites for hydroxylation is 2. The Morgan fingerprint density at radius 3 is 2.68 bits per heavy atom. The largest absolute Gasteiger partial charge is 0.342 e. The lowest BCUT2D eigenvalue weighted by Gasteiger charge is -2.42. The van der Waals surface area contributed by atoms with Gasteiger partial charge in [0.25, 0.3) is 5.56 Å². The SMILES string of the molecule is CC(=O)N1C[C@@H]2C[C@H](C1)c1cc(-c3ccc(C)c(C)n3)cc(=O)n1C2. The van der Waals surface area contributed by atoms with Crippen molar-refractivity contribution in [1.29, 1.82) is 0 Å². The fourth-order valence-electron chi connectivity index (χ4n) is 4.16. The van der Waals surface area contributed by atoms with E-state index >= 15 is 0 Å². The number of amides is 1. The van der Waals surface area contributed by atoms with Gasteiger partial charge in [-0.3, -0.25) is 14.6 Å². The maximum absolute atomic E-state index is 12.7. The van der Waals surface area contributed by atoms with Crippen LogP contribution in [0.15, 0.2) is 29.1 Å². The van der Waals surface area contributed by atoms with Crippen LogP contribution in [0.3, 0.4) is 0 Å². The molecule has 0 aromatic carbocycles. The number of hydrogen-bond donors (Lipinski definition) is 0. The molecular formula is C20H23N3O2. The first-order valence-electron chi connectivity index (χ1n) is 8.87. The van der Waals surface area contributed by atoms with Crippen molar-refractivity contribution in [2.45, 2.75) is 39.7 Å². The van der Waals surface area contributed by atoms with E-state index < -0.39 is 0 Å². The molecule has 2 aromatic heterocycles. The molecule has 2 aliphatic rings. The van der Waals surface area contributed by atoms with Crippen molar-refractivity contribution in [2.75, 3.05) is 13.1 Å². The van der Waals surface area contributed by atoms with Crippen LogP contribution in [0.25, 0.3) is 11.3 Å². The highest BCUT2D eigenvalue weighted by Gasteiger charge is 2.35. The van der Waals surface area contributed by atoms with Gasteiger partial charge in [-0.2, -0.15) is 0 Å². The lowest BCUT2D eigenvalue weighted by molar-refractivity contribution is -0.131. The first kappa shape index (κ1) is 16.1. The molecule has 5 nitrogen and oxygen atoms in total. The highest BCUT2D eigenvalue weighted by molar-refractivity contribution is 5.73. The van der Waals surface area contributed by atoms with E-state index in [4.69, 9.17) is 0 Å². The minimum absolute atomic E-state index is 0.0403. The third-order valence-electron chi connectivity index (χ3n) is 5.65. The van der Waals surface area contributed by atoms with E-state index in [1.165, 1.54) is 0 Å². The van der Waals surface area contributed by atoms with Crippen LogP contribution in [-0.4, -0.2) is 33.4 Å². The summed E-state index contributed by atoms with van der Waals surface area (Å²) in [6.45, 7) is 7.82. The van der Waals surface area contributed by atoms with Crippen LogP contribution < -0.4 is 5.56 Å². The maximum Gasteiger partial charge on any atom is 0.251 e. The van der Waals surface area contributed by atoms with Crippen molar-refractivity contribution in [1.82, 2.24) is 14.5 Å². The van der Waals surface area contributed by atoms with Crippen LogP contribution >= 0.6 is 0 Å². The van der Waals surface area contributed by atoms with Crippen LogP contribution in [-0.2, 0) is 11.3 Å². The second-order valence-corrected chi connectivity index (χ2v) is 7.44. The molecule has 1 amide bonds. The minimum atomic E-state index is 0.0403. The van der Waals surface area contributed by atoms with Gasteiger partial charge in [0.15, 0.2) is 0 Å². The average Bonchev–Trinajstić information content (AvgIpc) is 2.58. The quantitative estimate of drug-likeness (QED) is 0.803. The lowest BCUT2D eigenvalue weighted by Crippen LogP contribution is -2.48. The molecule has 0 radical (unpaired) electrons. The molecule has 130 valence electrons. The summed E-state index contributed by atoms with van der Waals surface area (Å²) in [5.41, 5.74) is 4.92. The number of carbonyl (C=O) groups is 1. The summed E-state index contributed by atoms with van der Waals surface area (Å²) in [4.78, 5) is 31.1. The molecule has 2 atom stereocenters. The molecule has 0 aliphatic carbocycles. The standard InChI is InChI=1S/C20H23N3O2/c1-12-4-5-18(21-13(12)2)16-7-19-17-6-15(9-22(11-17)14(3)24)10-23(19)20(25)8-16/h4-5,7-8,15,17H,6,9-11H2,1-3H3/t15-,17+/m0/s1. The van der Waals surface area contributed by atoms with E-state index in [9.17, 15) is 9.59 Å². The van der Waals surface area contributed by atoms with Crippen molar-refractivity contribution in [3.05, 3.63) is 51.6 Å². The molecule has 4 heterocycles. The summed E-state index contributed by atoms with van der Waals surface area (Å²) in [5.74, 6) is 0.728. The van der Waals surface area contributed by atoms with E-state index in [1.54, 1.807) is 13.0 Å². The number of aromatic nitrogens is 2. The molecule has 0 unspecified atom stereocenters. The van der Waals surface area contributed by atoms with E-state index in [1.807, 2.05) is 35.4 Å². The molecule has 5 heteroatoms. The van der Waals surface area contributed by atoms with Crippen LogP contribution in [0.1, 0.15) is 36.2 Å². The van der Waals surface area contributed by atoms with Gasteiger partial charge in [-0.15, -0.1) is 0 Å². The van der Waals surface area contributed by atoms with Gasteiger partial charge in [0.1, 0.15) is 0 Å². The second kappa shape index (κ2) is 5.83. The van der Waals surface area contributed by atoms with E-state index in [0.29, 0.717) is 19.0 Å². The van der Waals surface area contributed by atoms with Crippen molar-refractivity contribution >= 4 is 5.91 Å². The molecule has 0 saturated carbocycles. The summed E-state index contributed by atoms with van der Waals surface area (Å²) >= 11 is 0. The number of rotatable bonds is 1. The molecule has 1 fully saturated rings. The number of likely N-dealkylation sites (tertiary alicyclic amines) is 1. The molecule has 2 bridgehead atoms. The topological polar surface area (TPSA) is 55.2 Å². The maximum atomic E-state index is 12.7. The normalized spacial score (nSPS) is 21.8. The highest BCUT2D eigenvalue weighted by Crippen LogP contribution is 2.36. The van der Waals surface area contributed by atoms with Gasteiger partial charge >= 0.3 is 0 Å². The van der Waals surface area contributed by atoms with Gasteiger partial charge in [0, 0.05) is 55.5 Å². The second-order valence-electron chi connectivity index (χ2n) is 7.44. The Morgan fingerprint density at radius 2 is 1.96 bits per heavy atom. The van der Waals surface area contributed by atoms with Gasteiger partial charge in [-0.05, 0) is 43.9 Å². The third-order valence-corrected chi connectivity index (χ3v) is 5.65. The first-order valence-corrected chi connectivity index (χ1v) is 8.87. The fraction of sp³-hybridized carbons (Fsp3) is 0.450. The highest BCUT2D eigenvalue weighted by atomic mass is 16.2. The van der Waals surface area contributed by atoms with Crippen LogP contribution in [0.2, 0.25) is 0 Å². The Hall–Kier alpha value is -2.43. The molecule has 25 heavy (non-hydrogen) atoms. The van der Waals surface area contributed by atoms with E-state index in [2.05, 4.69) is 11.1 Å². The number of piperidine rings is 1. The zero-order valence-corrected chi connectivity index (χ0v) is 15.0. The molecular weight excluding hydrogens is 314 g/mol. The van der Waals surface area contributed by atoms with Crippen LogP contribution in [0, 0.1) is 19.8 Å². The van der Waals surface area contributed by atoms with Gasteiger partial charge < -0.3 is 9.47 Å². The van der Waals surface area contributed by atoms with E-state index in [-0.39, 0.29) is 17.4 Å². The molecule has 4 rings (SSSR count). The van der Waals surface area contributed by atoms with Crippen molar-refractivity contribution in [3.8, 4) is 11.3 Å². The smallest absolute Gasteiger partial charge is 0.251 e. The first-order chi connectivity index (χ1) is 11.9. The minimum Gasteiger partial charge on any atom is -0.342 e. The molecule has 0 N–H and O–H groups in total.